The molecule has 0 aliphatic rings. The van der Waals surface area contributed by atoms with E-state index in [1.807, 2.05) is 0 Å². The van der Waals surface area contributed by atoms with Gasteiger partial charge < -0.3 is 9.88 Å². The van der Waals surface area contributed by atoms with Crippen LogP contribution in [0.2, 0.25) is 0 Å². The van der Waals surface area contributed by atoms with Crippen LogP contribution in [0.5, 0.6) is 0 Å². The second-order valence-electron chi connectivity index (χ2n) is 5.81. The third-order valence-electron chi connectivity index (χ3n) is 3.31. The molecule has 0 bridgehead atoms. The number of aromatic nitrogens is 3. The van der Waals surface area contributed by atoms with Gasteiger partial charge >= 0.3 is 0 Å². The van der Waals surface area contributed by atoms with Crippen LogP contribution in [0.1, 0.15) is 38.7 Å². The Hall–Kier alpha value is -1.36. The Balaban J connectivity index is 1.80. The first-order valence-corrected chi connectivity index (χ1v) is 8.01. The molecule has 2 heterocycles. The topological polar surface area (TPSA) is 42.7 Å². The van der Waals surface area contributed by atoms with E-state index in [2.05, 4.69) is 65.4 Å². The van der Waals surface area contributed by atoms with Crippen molar-refractivity contribution in [1.82, 2.24) is 13.9 Å². The molecule has 0 spiro atoms. The summed E-state index contributed by atoms with van der Waals surface area (Å²) < 4.78 is 6.58. The third kappa shape index (κ3) is 4.34. The Kier molecular flexibility index (Phi) is 5.17. The number of hydrogen-bond donors (Lipinski definition) is 1. The molecule has 5 heteroatoms. The van der Waals surface area contributed by atoms with E-state index in [9.17, 15) is 0 Å². The Morgan fingerprint density at radius 3 is 2.80 bits per heavy atom. The summed E-state index contributed by atoms with van der Waals surface area (Å²) in [4.78, 5) is 4.54. The number of hydrogen-bond acceptors (Lipinski definition) is 4. The Labute approximate surface area is 125 Å². The van der Waals surface area contributed by atoms with Crippen molar-refractivity contribution >= 4 is 16.7 Å². The first-order valence-electron chi connectivity index (χ1n) is 7.24. The van der Waals surface area contributed by atoms with E-state index in [-0.39, 0.29) is 0 Å². The zero-order chi connectivity index (χ0) is 14.5. The maximum absolute atomic E-state index is 4.54. The van der Waals surface area contributed by atoms with Crippen LogP contribution in [0.25, 0.3) is 0 Å². The quantitative estimate of drug-likeness (QED) is 0.849. The molecule has 0 saturated heterocycles. The maximum atomic E-state index is 4.54. The summed E-state index contributed by atoms with van der Waals surface area (Å²) in [5.41, 5.74) is 1.37. The van der Waals surface area contributed by atoms with E-state index in [1.54, 1.807) is 0 Å². The van der Waals surface area contributed by atoms with E-state index >= 15 is 0 Å². The van der Waals surface area contributed by atoms with Crippen molar-refractivity contribution in [1.29, 1.82) is 0 Å². The highest BCUT2D eigenvalue weighted by Crippen LogP contribution is 2.16. The molecule has 0 aromatic carbocycles. The van der Waals surface area contributed by atoms with E-state index in [4.69, 9.17) is 0 Å². The number of nitrogens with one attached hydrogen (secondary N) is 1. The van der Waals surface area contributed by atoms with E-state index < -0.39 is 0 Å². The molecule has 4 nitrogen and oxygen atoms in total. The fourth-order valence-electron chi connectivity index (χ4n) is 2.16. The molecular formula is C15H24N4S. The lowest BCUT2D eigenvalue weighted by Crippen LogP contribution is -2.16. The summed E-state index contributed by atoms with van der Waals surface area (Å²) >= 11 is 1.47. The fraction of sp³-hybridized carbons (Fsp3) is 0.600. The predicted molar refractivity (Wildman–Crippen MR) is 85.3 cm³/mol. The summed E-state index contributed by atoms with van der Waals surface area (Å²) in [5.74, 6) is 1.56. The van der Waals surface area contributed by atoms with Crippen molar-refractivity contribution in [2.75, 3.05) is 5.32 Å². The highest BCUT2D eigenvalue weighted by atomic mass is 32.1. The molecule has 1 N–H and O–H groups in total. The Morgan fingerprint density at radius 1 is 1.35 bits per heavy atom. The average molecular weight is 292 g/mol. The highest BCUT2D eigenvalue weighted by molar-refractivity contribution is 7.09. The first-order chi connectivity index (χ1) is 9.54. The van der Waals surface area contributed by atoms with Gasteiger partial charge in [-0.15, -0.1) is 0 Å². The van der Waals surface area contributed by atoms with Crippen LogP contribution in [0.3, 0.4) is 0 Å². The number of nitrogens with zero attached hydrogens (tertiary/aromatic N) is 3. The van der Waals surface area contributed by atoms with Crippen molar-refractivity contribution in [2.24, 2.45) is 13.0 Å². The van der Waals surface area contributed by atoms with Gasteiger partial charge in [-0.2, -0.15) is 4.37 Å². The van der Waals surface area contributed by atoms with Gasteiger partial charge in [-0.3, -0.25) is 0 Å². The minimum absolute atomic E-state index is 0.407. The monoisotopic (exact) mass is 292 g/mol. The predicted octanol–water partition coefficient (Wildman–Crippen LogP) is 3.51. The van der Waals surface area contributed by atoms with Gasteiger partial charge in [-0.1, -0.05) is 13.8 Å². The van der Waals surface area contributed by atoms with E-state index in [1.165, 1.54) is 17.2 Å². The molecule has 0 amide bonds. The second kappa shape index (κ2) is 6.88. The standard InChI is InChI=1S/C15H24N4S/c1-11(2)10-14-17-15(20-18-14)16-12(3)7-8-13-6-5-9-19(13)4/h5-6,9,11-12H,7-8,10H2,1-4H3,(H,16,17,18). The molecule has 0 fully saturated rings. The van der Waals surface area contributed by atoms with Crippen LogP contribution in [0.15, 0.2) is 18.3 Å². The third-order valence-corrected chi connectivity index (χ3v) is 4.00. The van der Waals surface area contributed by atoms with Gasteiger partial charge in [-0.05, 0) is 37.8 Å². The van der Waals surface area contributed by atoms with Crippen LogP contribution in [-0.4, -0.2) is 20.0 Å². The molecule has 2 aromatic rings. The lowest BCUT2D eigenvalue weighted by molar-refractivity contribution is 0.626. The van der Waals surface area contributed by atoms with Gasteiger partial charge in [0.05, 0.1) is 0 Å². The SMILES string of the molecule is CC(C)Cc1nsc(NC(C)CCc2cccn2C)n1. The normalized spacial score (nSPS) is 12.8. The minimum Gasteiger partial charge on any atom is -0.358 e. The first kappa shape index (κ1) is 15.0. The molecule has 0 aliphatic heterocycles. The van der Waals surface area contributed by atoms with Gasteiger partial charge in [0.2, 0.25) is 5.13 Å². The summed E-state index contributed by atoms with van der Waals surface area (Å²) in [7, 11) is 2.09. The van der Waals surface area contributed by atoms with Crippen LogP contribution in [-0.2, 0) is 19.9 Å². The van der Waals surface area contributed by atoms with Gasteiger partial charge in [-0.25, -0.2) is 4.98 Å². The van der Waals surface area contributed by atoms with Gasteiger partial charge in [0.1, 0.15) is 5.82 Å². The van der Waals surface area contributed by atoms with Gasteiger partial charge in [0, 0.05) is 42.9 Å². The summed E-state index contributed by atoms with van der Waals surface area (Å²) in [6.07, 6.45) is 5.22. The van der Waals surface area contributed by atoms with Crippen molar-refractivity contribution in [3.05, 3.63) is 29.8 Å². The zero-order valence-corrected chi connectivity index (χ0v) is 13.6. The molecule has 0 radical (unpaired) electrons. The van der Waals surface area contributed by atoms with Crippen LogP contribution in [0, 0.1) is 5.92 Å². The molecular weight excluding hydrogens is 268 g/mol. The van der Waals surface area contributed by atoms with Gasteiger partial charge in [0.15, 0.2) is 0 Å². The number of rotatable bonds is 7. The molecule has 20 heavy (non-hydrogen) atoms. The van der Waals surface area contributed by atoms with Crippen molar-refractivity contribution < 1.29 is 0 Å². The summed E-state index contributed by atoms with van der Waals surface area (Å²) in [6.45, 7) is 6.58. The molecule has 2 aromatic heterocycles. The molecule has 2 rings (SSSR count). The highest BCUT2D eigenvalue weighted by Gasteiger charge is 2.09. The van der Waals surface area contributed by atoms with E-state index in [0.29, 0.717) is 12.0 Å². The summed E-state index contributed by atoms with van der Waals surface area (Å²) in [5, 5.41) is 4.40. The minimum atomic E-state index is 0.407. The lowest BCUT2D eigenvalue weighted by Gasteiger charge is -2.12. The molecule has 1 atom stereocenters. The molecule has 0 aliphatic carbocycles. The molecule has 1 unspecified atom stereocenters. The molecule has 110 valence electrons. The number of aryl methyl sites for hydroxylation is 2. The Bertz CT molecular complexity index is 529. The van der Waals surface area contributed by atoms with Crippen molar-refractivity contribution in [2.45, 2.75) is 46.1 Å². The second-order valence-corrected chi connectivity index (χ2v) is 6.56. The van der Waals surface area contributed by atoms with Gasteiger partial charge in [0.25, 0.3) is 0 Å². The van der Waals surface area contributed by atoms with E-state index in [0.717, 1.165) is 30.2 Å². The lowest BCUT2D eigenvalue weighted by atomic mass is 10.1. The summed E-state index contributed by atoms with van der Waals surface area (Å²) in [6, 6.07) is 4.68. The largest absolute Gasteiger partial charge is 0.358 e. The van der Waals surface area contributed by atoms with Crippen molar-refractivity contribution in [3.8, 4) is 0 Å². The smallest absolute Gasteiger partial charge is 0.202 e. The fourth-order valence-corrected chi connectivity index (χ4v) is 2.87. The zero-order valence-electron chi connectivity index (χ0n) is 12.8. The Morgan fingerprint density at radius 2 is 2.15 bits per heavy atom. The number of anilines is 1. The molecule has 0 saturated carbocycles. The van der Waals surface area contributed by atoms with Crippen molar-refractivity contribution in [3.63, 3.8) is 0 Å². The average Bonchev–Trinajstić information content (AvgIpc) is 2.96. The maximum Gasteiger partial charge on any atom is 0.202 e. The van der Waals surface area contributed by atoms with Crippen LogP contribution < -0.4 is 5.32 Å². The van der Waals surface area contributed by atoms with Crippen LogP contribution >= 0.6 is 11.5 Å². The van der Waals surface area contributed by atoms with Crippen LogP contribution in [0.4, 0.5) is 5.13 Å².